The maximum atomic E-state index is 14.8. The van der Waals surface area contributed by atoms with Crippen molar-refractivity contribution in [1.29, 1.82) is 0 Å². The van der Waals surface area contributed by atoms with Crippen molar-refractivity contribution in [1.82, 2.24) is 29.8 Å². The standard InChI is InChI=1S/C23H14F3N7O2/c24-16-4-2-13(8-18(16)26)19-10-35-23(34)33(19)20-5-6-32-22(30-20)15(9-29-32)12-1-3-14(17(25)7-12)21-27-11-28-31-21/h1-9,11,19H,10H2,(H,27,28,31)/t19-/m1/s1. The summed E-state index contributed by atoms with van der Waals surface area (Å²) in [5, 5.41) is 10.7. The van der Waals surface area contributed by atoms with Crippen molar-refractivity contribution < 1.29 is 22.7 Å². The van der Waals surface area contributed by atoms with E-state index in [0.29, 0.717) is 22.3 Å². The first kappa shape index (κ1) is 20.8. The highest BCUT2D eigenvalue weighted by atomic mass is 19.2. The molecule has 1 aliphatic rings. The summed E-state index contributed by atoms with van der Waals surface area (Å²) in [4.78, 5) is 22.3. The van der Waals surface area contributed by atoms with Gasteiger partial charge in [-0.2, -0.15) is 10.2 Å². The Kier molecular flexibility index (Phi) is 4.73. The molecule has 6 rings (SSSR count). The number of ether oxygens (including phenoxy) is 1. The number of hydrogen-bond acceptors (Lipinski definition) is 6. The minimum absolute atomic E-state index is 0.0587. The Bertz CT molecular complexity index is 1590. The number of aromatic amines is 1. The van der Waals surface area contributed by atoms with Crippen molar-refractivity contribution in [3.05, 3.63) is 84.2 Å². The van der Waals surface area contributed by atoms with E-state index in [-0.39, 0.29) is 23.8 Å². The van der Waals surface area contributed by atoms with Crippen LogP contribution in [-0.4, -0.2) is 42.5 Å². The highest BCUT2D eigenvalue weighted by Crippen LogP contribution is 2.34. The normalized spacial score (nSPS) is 15.7. The minimum atomic E-state index is -1.03. The van der Waals surface area contributed by atoms with E-state index >= 15 is 0 Å². The quantitative estimate of drug-likeness (QED) is 0.414. The van der Waals surface area contributed by atoms with E-state index in [1.54, 1.807) is 24.4 Å². The third-order valence-electron chi connectivity index (χ3n) is 5.74. The Morgan fingerprint density at radius 2 is 1.89 bits per heavy atom. The van der Waals surface area contributed by atoms with Gasteiger partial charge in [0.1, 0.15) is 30.6 Å². The van der Waals surface area contributed by atoms with Crippen LogP contribution in [-0.2, 0) is 4.74 Å². The number of anilines is 1. The number of halogens is 3. The molecule has 1 amide bonds. The first-order chi connectivity index (χ1) is 17.0. The Hall–Kier alpha value is -4.74. The fraction of sp³-hybridized carbons (Fsp3) is 0.0870. The highest BCUT2D eigenvalue weighted by molar-refractivity contribution is 5.90. The molecular formula is C23H14F3N7O2. The zero-order valence-electron chi connectivity index (χ0n) is 17.7. The van der Waals surface area contributed by atoms with Crippen LogP contribution in [0.2, 0.25) is 0 Å². The van der Waals surface area contributed by atoms with E-state index in [1.807, 2.05) is 0 Å². The van der Waals surface area contributed by atoms with Gasteiger partial charge < -0.3 is 4.74 Å². The Morgan fingerprint density at radius 3 is 2.66 bits per heavy atom. The van der Waals surface area contributed by atoms with Crippen LogP contribution in [0.25, 0.3) is 28.2 Å². The highest BCUT2D eigenvalue weighted by Gasteiger charge is 2.37. The molecule has 0 spiro atoms. The zero-order chi connectivity index (χ0) is 24.1. The topological polar surface area (TPSA) is 101 Å². The second-order valence-electron chi connectivity index (χ2n) is 7.77. The maximum Gasteiger partial charge on any atom is 0.416 e. The number of carbonyl (C=O) groups is 1. The Balaban J connectivity index is 1.40. The lowest BCUT2D eigenvalue weighted by Gasteiger charge is -2.21. The number of nitrogens with zero attached hydrogens (tertiary/aromatic N) is 6. The lowest BCUT2D eigenvalue weighted by molar-refractivity contribution is 0.179. The summed E-state index contributed by atoms with van der Waals surface area (Å²) < 4.78 is 48.7. The number of H-pyrrole nitrogens is 1. The molecule has 174 valence electrons. The minimum Gasteiger partial charge on any atom is -0.447 e. The van der Waals surface area contributed by atoms with Crippen LogP contribution in [0, 0.1) is 17.5 Å². The summed E-state index contributed by atoms with van der Waals surface area (Å²) in [6.45, 7) is -0.0587. The molecule has 0 radical (unpaired) electrons. The van der Waals surface area contributed by atoms with Crippen molar-refractivity contribution in [2.24, 2.45) is 0 Å². The predicted molar refractivity (Wildman–Crippen MR) is 117 cm³/mol. The summed E-state index contributed by atoms with van der Waals surface area (Å²) >= 11 is 0. The molecular weight excluding hydrogens is 463 g/mol. The molecule has 1 N–H and O–H groups in total. The van der Waals surface area contributed by atoms with Gasteiger partial charge in [-0.1, -0.05) is 12.1 Å². The summed E-state index contributed by atoms with van der Waals surface area (Å²) in [5.74, 6) is -2.10. The molecule has 1 atom stereocenters. The van der Waals surface area contributed by atoms with Gasteiger partial charge in [-0.05, 0) is 41.5 Å². The number of carbonyl (C=O) groups excluding carboxylic acids is 1. The number of amides is 1. The van der Waals surface area contributed by atoms with Gasteiger partial charge in [-0.3, -0.25) is 10.00 Å². The molecule has 1 saturated heterocycles. The molecule has 1 fully saturated rings. The van der Waals surface area contributed by atoms with Crippen LogP contribution in [0.15, 0.2) is 61.2 Å². The number of cyclic esters (lactones) is 1. The molecule has 9 nitrogen and oxygen atoms in total. The van der Waals surface area contributed by atoms with Gasteiger partial charge in [0.05, 0.1) is 11.8 Å². The SMILES string of the molecule is O=C1OC[C@H](c2ccc(F)c(F)c2)N1c1ccn2ncc(-c3ccc(-c4nc[nH]n4)c(F)c3)c2n1. The molecule has 5 aromatic rings. The summed E-state index contributed by atoms with van der Waals surface area (Å²) in [6, 6.07) is 8.81. The number of nitrogens with one attached hydrogen (secondary N) is 1. The van der Waals surface area contributed by atoms with Crippen LogP contribution in [0.4, 0.5) is 23.8 Å². The number of aromatic nitrogens is 6. The number of fused-ring (bicyclic) bond motifs is 1. The van der Waals surface area contributed by atoms with Crippen LogP contribution in [0.5, 0.6) is 0 Å². The Labute approximate surface area is 194 Å². The van der Waals surface area contributed by atoms with Crippen LogP contribution < -0.4 is 4.90 Å². The average Bonchev–Trinajstić information content (AvgIpc) is 3.60. The number of benzene rings is 2. The van der Waals surface area contributed by atoms with Crippen molar-refractivity contribution in [2.75, 3.05) is 11.5 Å². The molecule has 0 saturated carbocycles. The van der Waals surface area contributed by atoms with Crippen LogP contribution in [0.1, 0.15) is 11.6 Å². The van der Waals surface area contributed by atoms with Gasteiger partial charge in [0.25, 0.3) is 0 Å². The average molecular weight is 477 g/mol. The van der Waals surface area contributed by atoms with E-state index in [2.05, 4.69) is 25.3 Å². The monoisotopic (exact) mass is 477 g/mol. The zero-order valence-corrected chi connectivity index (χ0v) is 17.7. The predicted octanol–water partition coefficient (Wildman–Crippen LogP) is 4.30. The van der Waals surface area contributed by atoms with Crippen molar-refractivity contribution >= 4 is 17.6 Å². The molecule has 35 heavy (non-hydrogen) atoms. The Morgan fingerprint density at radius 1 is 1.00 bits per heavy atom. The van der Waals surface area contributed by atoms with Crippen molar-refractivity contribution in [2.45, 2.75) is 6.04 Å². The lowest BCUT2D eigenvalue weighted by Crippen LogP contribution is -2.28. The third kappa shape index (κ3) is 3.46. The number of hydrogen-bond donors (Lipinski definition) is 1. The third-order valence-corrected chi connectivity index (χ3v) is 5.74. The van der Waals surface area contributed by atoms with E-state index in [1.165, 1.54) is 34.1 Å². The van der Waals surface area contributed by atoms with E-state index in [4.69, 9.17) is 4.74 Å². The molecule has 0 bridgehead atoms. The van der Waals surface area contributed by atoms with Gasteiger partial charge in [0.2, 0.25) is 0 Å². The van der Waals surface area contributed by atoms with Crippen molar-refractivity contribution in [3.63, 3.8) is 0 Å². The van der Waals surface area contributed by atoms with Gasteiger partial charge >= 0.3 is 6.09 Å². The van der Waals surface area contributed by atoms with Gasteiger partial charge in [0.15, 0.2) is 23.1 Å². The first-order valence-electron chi connectivity index (χ1n) is 10.4. The first-order valence-corrected chi connectivity index (χ1v) is 10.4. The molecule has 0 aliphatic carbocycles. The van der Waals surface area contributed by atoms with Gasteiger partial charge in [-0.15, -0.1) is 0 Å². The van der Waals surface area contributed by atoms with E-state index in [0.717, 1.165) is 12.1 Å². The van der Waals surface area contributed by atoms with Crippen LogP contribution in [0.3, 0.4) is 0 Å². The van der Waals surface area contributed by atoms with Crippen LogP contribution >= 0.6 is 0 Å². The second-order valence-corrected chi connectivity index (χ2v) is 7.77. The second kappa shape index (κ2) is 7.94. The van der Waals surface area contributed by atoms with E-state index < -0.39 is 29.6 Å². The molecule has 1 aliphatic heterocycles. The molecule has 0 unspecified atom stereocenters. The van der Waals surface area contributed by atoms with E-state index in [9.17, 15) is 18.0 Å². The van der Waals surface area contributed by atoms with Gasteiger partial charge in [-0.25, -0.2) is 32.4 Å². The summed E-state index contributed by atoms with van der Waals surface area (Å²) in [6.07, 6.45) is 3.80. The molecule has 3 aromatic heterocycles. The fourth-order valence-corrected chi connectivity index (χ4v) is 4.04. The van der Waals surface area contributed by atoms with Gasteiger partial charge in [0, 0.05) is 11.8 Å². The smallest absolute Gasteiger partial charge is 0.416 e. The summed E-state index contributed by atoms with van der Waals surface area (Å²) in [5.41, 5.74) is 1.96. The maximum absolute atomic E-state index is 14.8. The molecule has 4 heterocycles. The molecule has 12 heteroatoms. The van der Waals surface area contributed by atoms with Crippen molar-refractivity contribution in [3.8, 4) is 22.5 Å². The summed E-state index contributed by atoms with van der Waals surface area (Å²) in [7, 11) is 0. The number of rotatable bonds is 4. The molecule has 2 aromatic carbocycles. The fourth-order valence-electron chi connectivity index (χ4n) is 4.04. The largest absolute Gasteiger partial charge is 0.447 e. The lowest BCUT2D eigenvalue weighted by atomic mass is 10.1.